The molecule has 5 nitrogen and oxygen atoms in total. The van der Waals surface area contributed by atoms with Crippen molar-refractivity contribution in [1.29, 1.82) is 0 Å². The normalized spacial score (nSPS) is 23.1. The van der Waals surface area contributed by atoms with E-state index >= 15 is 0 Å². The molecule has 0 spiro atoms. The van der Waals surface area contributed by atoms with Gasteiger partial charge in [-0.15, -0.1) is 0 Å². The first-order valence-electron chi connectivity index (χ1n) is 1.09. The van der Waals surface area contributed by atoms with Crippen molar-refractivity contribution in [2.75, 3.05) is 0 Å². The van der Waals surface area contributed by atoms with Crippen molar-refractivity contribution in [3.63, 3.8) is 0 Å². The van der Waals surface area contributed by atoms with Crippen molar-refractivity contribution >= 4 is 14.2 Å². The Morgan fingerprint density at radius 2 is 0.857 bits per heavy atom. The summed E-state index contributed by atoms with van der Waals surface area (Å²) in [5, 5.41) is 0. The van der Waals surface area contributed by atoms with E-state index in [1.54, 1.807) is 0 Å². The zero-order valence-electron chi connectivity index (χ0n) is 3.60. The average Bonchev–Trinajstić information content (AvgIpc) is 0.592. The molecule has 0 aliphatic rings. The Morgan fingerprint density at radius 3 is 0.857 bits per heavy atom. The second-order valence-corrected chi connectivity index (χ2v) is 12.4. The number of hydrogen-bond donors (Lipinski definition) is 5. The van der Waals surface area contributed by atoms with Crippen LogP contribution in [0, 0.1) is 0 Å². The Bertz CT molecular complexity index is 66.6. The van der Waals surface area contributed by atoms with Gasteiger partial charge in [0.25, 0.3) is 0 Å². The summed E-state index contributed by atoms with van der Waals surface area (Å²) in [4.78, 5) is 25.0. The molecule has 0 saturated carbocycles. The van der Waals surface area contributed by atoms with Crippen molar-refractivity contribution in [3.8, 4) is 0 Å². The van der Waals surface area contributed by atoms with Gasteiger partial charge in [-0.2, -0.15) is 0 Å². The van der Waals surface area contributed by atoms with Crippen LogP contribution in [0.5, 0.6) is 0 Å². The first kappa shape index (κ1) is 7.79. The maximum atomic E-state index is 5.00. The minimum absolute atomic E-state index is 2.61. The van der Waals surface area contributed by atoms with Gasteiger partial charge in [0.1, 0.15) is 0 Å². The van der Waals surface area contributed by atoms with Gasteiger partial charge < -0.3 is 0 Å². The summed E-state index contributed by atoms with van der Waals surface area (Å²) in [7, 11) is -4.33. The number of rotatable bonds is 0. The predicted octanol–water partition coefficient (Wildman–Crippen LogP) is -2.11. The van der Waals surface area contributed by atoms with Crippen LogP contribution in [0.25, 0.3) is 0 Å². The second-order valence-electron chi connectivity index (χ2n) is 1.47. The molecule has 7 heavy (non-hydrogen) atoms. The van der Waals surface area contributed by atoms with Gasteiger partial charge in [0.05, 0.1) is 0 Å². The van der Waals surface area contributed by atoms with Crippen LogP contribution in [-0.2, 0) is 9.82 Å². The quantitative estimate of drug-likeness (QED) is 0.318. The summed E-state index contributed by atoms with van der Waals surface area (Å²) in [6, 6.07) is 0. The van der Waals surface area contributed by atoms with E-state index in [-0.39, 0.29) is 0 Å². The van der Waals surface area contributed by atoms with E-state index in [2.05, 4.69) is 14.2 Å². The summed E-state index contributed by atoms with van der Waals surface area (Å²) in [6.45, 7) is 0. The van der Waals surface area contributed by atoms with Crippen molar-refractivity contribution in [1.82, 2.24) is 0 Å². The first-order chi connectivity index (χ1) is 2.45. The van der Waals surface area contributed by atoms with Crippen molar-refractivity contribution < 1.29 is 9.82 Å². The molecule has 0 rings (SSSR count). The molecule has 0 atom stereocenters. The number of halogens is 1. The van der Waals surface area contributed by atoms with Crippen molar-refractivity contribution in [3.05, 3.63) is 0 Å². The Morgan fingerprint density at radius 1 is 0.857 bits per heavy atom. The summed E-state index contributed by atoms with van der Waals surface area (Å²) in [5.41, 5.74) is 0. The fraction of sp³-hybridized carbons (Fsp3) is 0. The van der Waals surface area contributed by atoms with Gasteiger partial charge in [-0.05, 0) is 0 Å². The third-order valence-electron chi connectivity index (χ3n) is 0. The van der Waals surface area contributed by atoms with Gasteiger partial charge in [-0.1, -0.05) is 0 Å². The summed E-state index contributed by atoms with van der Waals surface area (Å²) >= 11 is 2.61. The van der Waals surface area contributed by atoms with Gasteiger partial charge >= 0.3 is 47.9 Å². The van der Waals surface area contributed by atoms with E-state index in [0.29, 0.717) is 0 Å². The molecule has 51 valence electrons. The monoisotopic (exact) mass is 218 g/mol. The molecule has 0 unspecified atom stereocenters. The average molecular weight is 219 g/mol. The molecule has 0 saturated heterocycles. The Labute approximate surface area is 48.3 Å². The van der Waals surface area contributed by atoms with Gasteiger partial charge in [0.2, 0.25) is 0 Å². The predicted molar refractivity (Wildman–Crippen MR) is 29.9 cm³/mol. The maximum absolute atomic E-state index is 5.00. The molecule has 0 radical (unpaired) electrons. The van der Waals surface area contributed by atoms with E-state index in [1.165, 1.54) is 0 Å². The molecule has 0 fully saturated rings. The Kier molecular flexibility index (Phi) is 1.01. The molecular formula is H10BrCoN5. The molecule has 0 amide bonds. The first-order valence-corrected chi connectivity index (χ1v) is 6.67. The third kappa shape index (κ3) is 251. The Balaban J connectivity index is 4.43. The molecule has 0 aliphatic heterocycles. The minimum atomic E-state index is -4.33. The van der Waals surface area contributed by atoms with Crippen LogP contribution in [0.3, 0.4) is 0 Å². The molecule has 0 aromatic rings. The van der Waals surface area contributed by atoms with E-state index < -0.39 is 9.82 Å². The fourth-order valence-corrected chi connectivity index (χ4v) is 0. The second kappa shape index (κ2) is 0.912. The van der Waals surface area contributed by atoms with Crippen LogP contribution in [0.2, 0.25) is 0 Å². The molecule has 0 aromatic carbocycles. The molecule has 10 N–H and O–H groups in total. The summed E-state index contributed by atoms with van der Waals surface area (Å²) < 4.78 is 0. The van der Waals surface area contributed by atoms with E-state index in [1.807, 2.05) is 0 Å². The van der Waals surface area contributed by atoms with Crippen molar-refractivity contribution in [2.45, 2.75) is 0 Å². The molecule has 7 heteroatoms. The van der Waals surface area contributed by atoms with Crippen LogP contribution in [-0.4, -0.2) is 0 Å². The zero-order chi connectivity index (χ0) is 6.41. The SMILES string of the molecule is [NH2][Co]([NH2])([NH2])([NH2])([NH2])[Br]. The number of hydrogen-bond acceptors (Lipinski definition) is 5. The molecule has 0 bridgehead atoms. The van der Waals surface area contributed by atoms with Gasteiger partial charge in [0, 0.05) is 0 Å². The van der Waals surface area contributed by atoms with Gasteiger partial charge in [0.15, 0.2) is 0 Å². The molecule has 0 aromatic heterocycles. The van der Waals surface area contributed by atoms with E-state index in [9.17, 15) is 0 Å². The molecule has 0 heterocycles. The van der Waals surface area contributed by atoms with Crippen molar-refractivity contribution in [2.24, 2.45) is 23.9 Å². The topological polar surface area (TPSA) is 130 Å². The molecule has 0 aliphatic carbocycles. The van der Waals surface area contributed by atoms with Crippen LogP contribution >= 0.6 is 14.2 Å². The van der Waals surface area contributed by atoms with Crippen LogP contribution < -0.4 is 23.9 Å². The number of nitrogens with two attached hydrogens (primary N) is 5. The zero-order valence-corrected chi connectivity index (χ0v) is 6.23. The van der Waals surface area contributed by atoms with Crippen LogP contribution in [0.15, 0.2) is 0 Å². The summed E-state index contributed by atoms with van der Waals surface area (Å²) in [6.07, 6.45) is 0. The summed E-state index contributed by atoms with van der Waals surface area (Å²) in [5.74, 6) is 0. The van der Waals surface area contributed by atoms with Crippen LogP contribution in [0.4, 0.5) is 0 Å². The van der Waals surface area contributed by atoms with Crippen LogP contribution in [0.1, 0.15) is 0 Å². The third-order valence-corrected chi connectivity index (χ3v) is 0. The van der Waals surface area contributed by atoms with Gasteiger partial charge in [-0.3, -0.25) is 0 Å². The fourth-order valence-electron chi connectivity index (χ4n) is 0. The standard InChI is InChI=1S/BrH.Co.5H2N/h1H;;5*1H2/q;+6;5*-1/p-1. The molecular weight excluding hydrogens is 209 g/mol. The van der Waals surface area contributed by atoms with Gasteiger partial charge in [-0.25, -0.2) is 0 Å². The van der Waals surface area contributed by atoms with E-state index in [0.717, 1.165) is 0 Å². The van der Waals surface area contributed by atoms with E-state index in [4.69, 9.17) is 23.9 Å². The Hall–Kier alpha value is 0.786.